The van der Waals surface area contributed by atoms with Crippen LogP contribution in [0.15, 0.2) is 79.1 Å². The molecule has 0 radical (unpaired) electrons. The zero-order valence-corrected chi connectivity index (χ0v) is 24.7. The van der Waals surface area contributed by atoms with Gasteiger partial charge in [0, 0.05) is 5.69 Å². The van der Waals surface area contributed by atoms with Crippen LogP contribution >= 0.6 is 0 Å². The fourth-order valence-electron chi connectivity index (χ4n) is 3.95. The number of rotatable bonds is 5. The Morgan fingerprint density at radius 1 is 0.658 bits per heavy atom. The number of anilines is 3. The van der Waals surface area contributed by atoms with Crippen LogP contribution in [-0.2, 0) is 31.9 Å². The minimum absolute atomic E-state index is 0. The molecule has 0 amide bonds. The molecule has 2 heterocycles. The Labute approximate surface area is 238 Å². The molecular formula is C30H31N7Pt. The largest absolute Gasteiger partial charge is 2.00 e. The fraction of sp³-hybridized carbons (Fsp3) is 0.267. The van der Waals surface area contributed by atoms with Gasteiger partial charge in [0.1, 0.15) is 0 Å². The summed E-state index contributed by atoms with van der Waals surface area (Å²) in [7, 11) is 0. The summed E-state index contributed by atoms with van der Waals surface area (Å²) in [5, 5.41) is 18.7. The molecule has 7 nitrogen and oxygen atoms in total. The Bertz CT molecular complexity index is 1380. The van der Waals surface area contributed by atoms with Gasteiger partial charge in [-0.3, -0.25) is 4.90 Å². The molecule has 0 atom stereocenters. The van der Waals surface area contributed by atoms with E-state index in [1.54, 1.807) is 22.0 Å². The second kappa shape index (κ2) is 10.7. The van der Waals surface area contributed by atoms with Gasteiger partial charge in [-0.15, -0.1) is 22.3 Å². The van der Waals surface area contributed by atoms with E-state index >= 15 is 0 Å². The van der Waals surface area contributed by atoms with Crippen molar-refractivity contribution in [3.63, 3.8) is 0 Å². The van der Waals surface area contributed by atoms with Gasteiger partial charge in [0.25, 0.3) is 0 Å². The zero-order chi connectivity index (χ0) is 26.2. The van der Waals surface area contributed by atoms with Crippen molar-refractivity contribution in [1.82, 2.24) is 30.0 Å². The van der Waals surface area contributed by atoms with Gasteiger partial charge < -0.3 is 0 Å². The quantitative estimate of drug-likeness (QED) is 0.198. The Balaban J connectivity index is 0.00000336. The molecule has 0 fully saturated rings. The number of para-hydroxylation sites is 2. The maximum absolute atomic E-state index is 4.81. The van der Waals surface area contributed by atoms with Crippen LogP contribution in [0.4, 0.5) is 17.3 Å². The monoisotopic (exact) mass is 684 g/mol. The first-order valence-electron chi connectivity index (χ1n) is 12.3. The van der Waals surface area contributed by atoms with E-state index in [9.17, 15) is 0 Å². The molecule has 0 aliphatic carbocycles. The topological polar surface area (TPSA) is 64.7 Å². The number of hydrogen-bond donors (Lipinski definition) is 0. The van der Waals surface area contributed by atoms with Crippen molar-refractivity contribution in [1.29, 1.82) is 0 Å². The van der Waals surface area contributed by atoms with Crippen molar-refractivity contribution >= 4 is 17.3 Å². The smallest absolute Gasteiger partial charge is 0.273 e. The van der Waals surface area contributed by atoms with E-state index in [1.165, 1.54) is 11.1 Å². The van der Waals surface area contributed by atoms with E-state index in [0.717, 1.165) is 17.1 Å². The predicted octanol–water partition coefficient (Wildman–Crippen LogP) is 6.51. The van der Waals surface area contributed by atoms with Crippen LogP contribution in [0.2, 0.25) is 0 Å². The second-order valence-corrected chi connectivity index (χ2v) is 11.1. The third kappa shape index (κ3) is 5.78. The van der Waals surface area contributed by atoms with Crippen LogP contribution in [-0.4, -0.2) is 30.0 Å². The summed E-state index contributed by atoms with van der Waals surface area (Å²) in [6.45, 7) is 13.4. The molecule has 38 heavy (non-hydrogen) atoms. The normalized spacial score (nSPS) is 11.7. The summed E-state index contributed by atoms with van der Waals surface area (Å²) in [4.78, 5) is 5.16. The van der Waals surface area contributed by atoms with Gasteiger partial charge >= 0.3 is 21.1 Å². The molecule has 3 aromatic carbocycles. The molecule has 196 valence electrons. The minimum atomic E-state index is -0.0467. The van der Waals surface area contributed by atoms with E-state index in [0.29, 0.717) is 11.6 Å². The van der Waals surface area contributed by atoms with Crippen LogP contribution in [0.1, 0.15) is 52.7 Å². The SMILES string of the molecule is CC(C)(C)c1cc(N(c2cnn(-c3[c-]cccc3)n2)c2cnn(-c3[c-]cccc3)n2)cc(C(C)(C)C)c1.[Pt+2]. The Kier molecular flexibility index (Phi) is 7.70. The zero-order valence-electron chi connectivity index (χ0n) is 22.5. The van der Waals surface area contributed by atoms with E-state index in [4.69, 9.17) is 10.2 Å². The number of aromatic nitrogens is 6. The van der Waals surface area contributed by atoms with E-state index in [-0.39, 0.29) is 31.9 Å². The first-order chi connectivity index (χ1) is 17.6. The average molecular weight is 685 g/mol. The fourth-order valence-corrected chi connectivity index (χ4v) is 3.95. The van der Waals surface area contributed by atoms with Crippen LogP contribution < -0.4 is 4.90 Å². The summed E-state index contributed by atoms with van der Waals surface area (Å²) in [6.07, 6.45) is 3.49. The molecule has 0 bridgehead atoms. The Morgan fingerprint density at radius 2 is 1.11 bits per heavy atom. The molecule has 0 N–H and O–H groups in total. The summed E-state index contributed by atoms with van der Waals surface area (Å²) in [6, 6.07) is 28.3. The third-order valence-electron chi connectivity index (χ3n) is 6.14. The second-order valence-electron chi connectivity index (χ2n) is 11.1. The van der Waals surface area contributed by atoms with E-state index in [2.05, 4.69) is 82.1 Å². The van der Waals surface area contributed by atoms with Crippen molar-refractivity contribution in [2.24, 2.45) is 0 Å². The maximum Gasteiger partial charge on any atom is 2.00 e. The summed E-state index contributed by atoms with van der Waals surface area (Å²) < 4.78 is 0. The van der Waals surface area contributed by atoms with Gasteiger partial charge in [0.05, 0.1) is 12.4 Å². The Morgan fingerprint density at radius 3 is 1.47 bits per heavy atom. The number of hydrogen-bond acceptors (Lipinski definition) is 5. The van der Waals surface area contributed by atoms with Crippen LogP contribution in [0.3, 0.4) is 0 Å². The van der Waals surface area contributed by atoms with Gasteiger partial charge in [-0.25, -0.2) is 0 Å². The molecule has 8 heteroatoms. The molecule has 0 aliphatic heterocycles. The van der Waals surface area contributed by atoms with Gasteiger partial charge in [-0.1, -0.05) is 47.6 Å². The van der Waals surface area contributed by atoms with Crippen molar-refractivity contribution in [3.05, 3.63) is 102 Å². The summed E-state index contributed by atoms with van der Waals surface area (Å²) >= 11 is 0. The van der Waals surface area contributed by atoms with Gasteiger partial charge in [0.2, 0.25) is 0 Å². The maximum atomic E-state index is 4.81. The molecule has 0 saturated carbocycles. The summed E-state index contributed by atoms with van der Waals surface area (Å²) in [5.74, 6) is 1.26. The molecule has 0 unspecified atom stereocenters. The minimum Gasteiger partial charge on any atom is -0.273 e. The Hall–Kier alpha value is -3.57. The van der Waals surface area contributed by atoms with Gasteiger partial charge in [-0.2, -0.15) is 68.3 Å². The molecule has 0 aliphatic rings. The number of nitrogens with zero attached hydrogens (tertiary/aromatic N) is 7. The van der Waals surface area contributed by atoms with Crippen LogP contribution in [0.5, 0.6) is 0 Å². The first-order valence-corrected chi connectivity index (χ1v) is 12.3. The van der Waals surface area contributed by atoms with E-state index in [1.807, 2.05) is 53.4 Å². The molecule has 5 aromatic rings. The predicted molar refractivity (Wildman–Crippen MR) is 146 cm³/mol. The average Bonchev–Trinajstić information content (AvgIpc) is 3.55. The van der Waals surface area contributed by atoms with Crippen molar-refractivity contribution in [2.75, 3.05) is 4.90 Å². The molecule has 2 aromatic heterocycles. The first kappa shape index (κ1) is 27.5. The third-order valence-corrected chi connectivity index (χ3v) is 6.14. The standard InChI is InChI=1S/C30H31N7.Pt/c1-29(2,3)22-17-23(30(4,5)6)19-26(18-22)35(27-20-31-36(33-27)24-13-9-7-10-14-24)28-21-32-37(34-28)25-15-11-8-12-16-25;/h7-13,15,17-21H,1-6H3;/q-2;+2. The molecule has 5 rings (SSSR count). The van der Waals surface area contributed by atoms with Crippen molar-refractivity contribution in [3.8, 4) is 11.4 Å². The number of benzene rings is 3. The summed E-state index contributed by atoms with van der Waals surface area (Å²) in [5.41, 5.74) is 4.83. The van der Waals surface area contributed by atoms with Gasteiger partial charge in [0.15, 0.2) is 11.6 Å². The van der Waals surface area contributed by atoms with E-state index < -0.39 is 0 Å². The van der Waals surface area contributed by atoms with Crippen LogP contribution in [0.25, 0.3) is 11.4 Å². The molecule has 0 saturated heterocycles. The van der Waals surface area contributed by atoms with Crippen molar-refractivity contribution in [2.45, 2.75) is 52.4 Å². The molecule has 0 spiro atoms. The molecular weight excluding hydrogens is 653 g/mol. The van der Waals surface area contributed by atoms with Crippen LogP contribution in [0, 0.1) is 12.1 Å². The van der Waals surface area contributed by atoms with Crippen molar-refractivity contribution < 1.29 is 21.1 Å². The van der Waals surface area contributed by atoms with Gasteiger partial charge in [-0.05, 0) is 45.5 Å².